The molecule has 134 valence electrons. The molecule has 0 radical (unpaired) electrons. The van der Waals surface area contributed by atoms with E-state index in [-0.39, 0.29) is 17.9 Å². The Morgan fingerprint density at radius 3 is 2.58 bits per heavy atom. The van der Waals surface area contributed by atoms with Crippen LogP contribution < -0.4 is 5.32 Å². The predicted molar refractivity (Wildman–Crippen MR) is 98.8 cm³/mol. The number of hydrogen-bond acceptors (Lipinski definition) is 3. The molecule has 0 saturated heterocycles. The third kappa shape index (κ3) is 3.47. The number of nitrogens with zero attached hydrogens (tertiary/aromatic N) is 2. The molecule has 0 unspecified atom stereocenters. The van der Waals surface area contributed by atoms with Gasteiger partial charge in [0.05, 0.1) is 11.1 Å². The van der Waals surface area contributed by atoms with Gasteiger partial charge in [-0.15, -0.1) is 0 Å². The molecule has 0 spiro atoms. The van der Waals surface area contributed by atoms with Crippen LogP contribution in [0.15, 0.2) is 42.7 Å². The highest BCUT2D eigenvalue weighted by Crippen LogP contribution is 2.21. The van der Waals surface area contributed by atoms with Crippen LogP contribution >= 0.6 is 0 Å². The van der Waals surface area contributed by atoms with Crippen LogP contribution in [0, 0.1) is 0 Å². The van der Waals surface area contributed by atoms with Crippen LogP contribution in [0.1, 0.15) is 57.5 Å². The standard InChI is InChI=1S/C21H23N3O2/c25-20(23-19-7-3-4-8-19)17-11-18(13-22-12-17)21(26)24-10-9-15-5-1-2-6-16(15)14-24/h1-2,5-6,11-13,19H,3-4,7-10,14H2,(H,23,25). The van der Waals surface area contributed by atoms with Gasteiger partial charge in [-0.25, -0.2) is 0 Å². The first kappa shape index (κ1) is 16.8. The first-order valence-electron chi connectivity index (χ1n) is 9.33. The maximum Gasteiger partial charge on any atom is 0.255 e. The Hall–Kier alpha value is -2.69. The molecule has 26 heavy (non-hydrogen) atoms. The molecule has 1 aliphatic carbocycles. The van der Waals surface area contributed by atoms with E-state index in [0.717, 1.165) is 32.1 Å². The van der Waals surface area contributed by atoms with E-state index in [4.69, 9.17) is 0 Å². The molecule has 1 aliphatic heterocycles. The minimum absolute atomic E-state index is 0.0671. The Morgan fingerprint density at radius 1 is 1.04 bits per heavy atom. The summed E-state index contributed by atoms with van der Waals surface area (Å²) in [6, 6.07) is 10.1. The summed E-state index contributed by atoms with van der Waals surface area (Å²) in [5, 5.41) is 3.05. The van der Waals surface area contributed by atoms with Crippen molar-refractivity contribution in [3.63, 3.8) is 0 Å². The van der Waals surface area contributed by atoms with E-state index in [9.17, 15) is 9.59 Å². The van der Waals surface area contributed by atoms with E-state index in [1.807, 2.05) is 17.0 Å². The van der Waals surface area contributed by atoms with E-state index in [1.165, 1.54) is 17.3 Å². The van der Waals surface area contributed by atoms with Gasteiger partial charge in [0.1, 0.15) is 0 Å². The van der Waals surface area contributed by atoms with E-state index < -0.39 is 0 Å². The molecule has 0 atom stereocenters. The molecule has 2 aliphatic rings. The molecule has 1 saturated carbocycles. The lowest BCUT2D eigenvalue weighted by molar-refractivity contribution is 0.0734. The highest BCUT2D eigenvalue weighted by molar-refractivity contribution is 5.99. The topological polar surface area (TPSA) is 62.3 Å². The number of hydrogen-bond donors (Lipinski definition) is 1. The molecule has 5 nitrogen and oxygen atoms in total. The zero-order chi connectivity index (χ0) is 17.9. The first-order valence-corrected chi connectivity index (χ1v) is 9.33. The predicted octanol–water partition coefficient (Wildman–Crippen LogP) is 2.95. The minimum atomic E-state index is -0.136. The molecule has 1 N–H and O–H groups in total. The summed E-state index contributed by atoms with van der Waals surface area (Å²) >= 11 is 0. The molecule has 1 aromatic heterocycles. The second-order valence-electron chi connectivity index (χ2n) is 7.16. The summed E-state index contributed by atoms with van der Waals surface area (Å²) in [4.78, 5) is 31.3. The third-order valence-electron chi connectivity index (χ3n) is 5.36. The fourth-order valence-corrected chi connectivity index (χ4v) is 3.87. The maximum absolute atomic E-state index is 12.9. The fourth-order valence-electron chi connectivity index (χ4n) is 3.87. The van der Waals surface area contributed by atoms with Crippen LogP contribution in [0.2, 0.25) is 0 Å². The van der Waals surface area contributed by atoms with Crippen LogP contribution in [0.3, 0.4) is 0 Å². The summed E-state index contributed by atoms with van der Waals surface area (Å²) < 4.78 is 0. The Labute approximate surface area is 153 Å². The van der Waals surface area contributed by atoms with Crippen molar-refractivity contribution in [3.8, 4) is 0 Å². The quantitative estimate of drug-likeness (QED) is 0.927. The fraction of sp³-hybridized carbons (Fsp3) is 0.381. The van der Waals surface area contributed by atoms with E-state index in [1.54, 1.807) is 12.3 Å². The summed E-state index contributed by atoms with van der Waals surface area (Å²) in [6.45, 7) is 1.29. The van der Waals surface area contributed by atoms with Crippen molar-refractivity contribution in [3.05, 3.63) is 65.0 Å². The van der Waals surface area contributed by atoms with Crippen molar-refractivity contribution in [2.75, 3.05) is 6.54 Å². The van der Waals surface area contributed by atoms with Crippen LogP contribution in [0.25, 0.3) is 0 Å². The minimum Gasteiger partial charge on any atom is -0.349 e. The third-order valence-corrected chi connectivity index (χ3v) is 5.36. The van der Waals surface area contributed by atoms with Crippen molar-refractivity contribution in [1.82, 2.24) is 15.2 Å². The van der Waals surface area contributed by atoms with Gasteiger partial charge in [0, 0.05) is 31.5 Å². The highest BCUT2D eigenvalue weighted by Gasteiger charge is 2.23. The summed E-state index contributed by atoms with van der Waals surface area (Å²) in [6.07, 6.45) is 8.34. The van der Waals surface area contributed by atoms with Gasteiger partial charge in [0.15, 0.2) is 0 Å². The maximum atomic E-state index is 12.9. The van der Waals surface area contributed by atoms with Gasteiger partial charge >= 0.3 is 0 Å². The van der Waals surface area contributed by atoms with Gasteiger partial charge in [-0.3, -0.25) is 14.6 Å². The van der Waals surface area contributed by atoms with Crippen molar-refractivity contribution in [1.29, 1.82) is 0 Å². The molecular weight excluding hydrogens is 326 g/mol. The monoisotopic (exact) mass is 349 g/mol. The van der Waals surface area contributed by atoms with Gasteiger partial charge in [0.2, 0.25) is 0 Å². The number of rotatable bonds is 3. The van der Waals surface area contributed by atoms with Crippen LogP contribution in [0.4, 0.5) is 0 Å². The molecule has 1 fully saturated rings. The van der Waals surface area contributed by atoms with E-state index in [0.29, 0.717) is 24.2 Å². The lowest BCUT2D eigenvalue weighted by Gasteiger charge is -2.29. The summed E-state index contributed by atoms with van der Waals surface area (Å²) in [7, 11) is 0. The van der Waals surface area contributed by atoms with Gasteiger partial charge < -0.3 is 10.2 Å². The molecule has 2 amide bonds. The molecule has 0 bridgehead atoms. The molecule has 5 heteroatoms. The number of amides is 2. The molecule has 2 heterocycles. The van der Waals surface area contributed by atoms with Crippen molar-refractivity contribution >= 4 is 11.8 Å². The largest absolute Gasteiger partial charge is 0.349 e. The number of aromatic nitrogens is 1. The zero-order valence-electron chi connectivity index (χ0n) is 14.8. The van der Waals surface area contributed by atoms with Gasteiger partial charge in [-0.2, -0.15) is 0 Å². The molecule has 1 aromatic carbocycles. The lowest BCUT2D eigenvalue weighted by Crippen LogP contribution is -2.36. The lowest BCUT2D eigenvalue weighted by atomic mass is 9.99. The Morgan fingerprint density at radius 2 is 1.77 bits per heavy atom. The number of pyridine rings is 1. The Bertz CT molecular complexity index is 828. The van der Waals surface area contributed by atoms with Crippen molar-refractivity contribution < 1.29 is 9.59 Å². The number of nitrogens with one attached hydrogen (secondary N) is 1. The smallest absolute Gasteiger partial charge is 0.255 e. The summed E-state index contributed by atoms with van der Waals surface area (Å²) in [5.41, 5.74) is 3.43. The van der Waals surface area contributed by atoms with Gasteiger partial charge in [-0.05, 0) is 36.5 Å². The molecular formula is C21H23N3O2. The van der Waals surface area contributed by atoms with E-state index in [2.05, 4.69) is 22.4 Å². The summed E-state index contributed by atoms with van der Waals surface area (Å²) in [5.74, 6) is -0.203. The number of benzene rings is 1. The molecule has 4 rings (SSSR count). The normalized spacial score (nSPS) is 17.0. The Kier molecular flexibility index (Phi) is 4.69. The second-order valence-corrected chi connectivity index (χ2v) is 7.16. The van der Waals surface area contributed by atoms with Crippen LogP contribution in [-0.4, -0.2) is 34.3 Å². The highest BCUT2D eigenvalue weighted by atomic mass is 16.2. The van der Waals surface area contributed by atoms with Crippen molar-refractivity contribution in [2.24, 2.45) is 0 Å². The van der Waals surface area contributed by atoms with Crippen molar-refractivity contribution in [2.45, 2.75) is 44.7 Å². The first-order chi connectivity index (χ1) is 12.7. The van der Waals surface area contributed by atoms with E-state index >= 15 is 0 Å². The van der Waals surface area contributed by atoms with Gasteiger partial charge in [0.25, 0.3) is 11.8 Å². The van der Waals surface area contributed by atoms with Crippen LogP contribution in [-0.2, 0) is 13.0 Å². The second kappa shape index (κ2) is 7.28. The zero-order valence-corrected chi connectivity index (χ0v) is 14.8. The average molecular weight is 349 g/mol. The number of carbonyl (C=O) groups excluding carboxylic acids is 2. The average Bonchev–Trinajstić information content (AvgIpc) is 3.20. The Balaban J connectivity index is 1.47. The number of fused-ring (bicyclic) bond motifs is 1. The number of carbonyl (C=O) groups is 2. The SMILES string of the molecule is O=C(NC1CCCC1)c1cncc(C(=O)N2CCc3ccccc3C2)c1. The molecule has 2 aromatic rings. The van der Waals surface area contributed by atoms with Crippen LogP contribution in [0.5, 0.6) is 0 Å². The van der Waals surface area contributed by atoms with Gasteiger partial charge in [-0.1, -0.05) is 37.1 Å².